The number of aryl methyl sites for hydroxylation is 1. The maximum Gasteiger partial charge on any atom is 0.261 e. The number of amides is 2. The van der Waals surface area contributed by atoms with Gasteiger partial charge in [0.25, 0.3) is 11.8 Å². The topological polar surface area (TPSA) is 79.5 Å². The van der Waals surface area contributed by atoms with E-state index in [1.165, 1.54) is 0 Å². The summed E-state index contributed by atoms with van der Waals surface area (Å²) in [5.74, 6) is 0.411. The molecule has 0 saturated heterocycles. The molecular weight excluding hydrogens is 446 g/mol. The SMILES string of the molecule is Cc1cccc(NC(=O)c2cccc(NC(=S)NC(=O)c3ccccc3OCCC(C)C)c2)c1. The van der Waals surface area contributed by atoms with Gasteiger partial charge >= 0.3 is 0 Å². The molecule has 3 rings (SSSR count). The van der Waals surface area contributed by atoms with Crippen molar-refractivity contribution in [2.75, 3.05) is 17.2 Å². The van der Waals surface area contributed by atoms with Crippen molar-refractivity contribution in [3.05, 3.63) is 89.5 Å². The third kappa shape index (κ3) is 7.42. The molecule has 3 N–H and O–H groups in total. The average Bonchev–Trinajstić information content (AvgIpc) is 2.79. The molecule has 0 fully saturated rings. The van der Waals surface area contributed by atoms with Crippen molar-refractivity contribution >= 4 is 40.5 Å². The Morgan fingerprint density at radius 3 is 2.32 bits per heavy atom. The highest BCUT2D eigenvalue weighted by Crippen LogP contribution is 2.19. The molecule has 0 radical (unpaired) electrons. The van der Waals surface area contributed by atoms with E-state index in [1.54, 1.807) is 42.5 Å². The minimum atomic E-state index is -0.369. The van der Waals surface area contributed by atoms with E-state index in [9.17, 15) is 9.59 Å². The number of thiocarbonyl (C=S) groups is 1. The van der Waals surface area contributed by atoms with E-state index in [4.69, 9.17) is 17.0 Å². The van der Waals surface area contributed by atoms with Gasteiger partial charge in [-0.25, -0.2) is 0 Å². The number of rotatable bonds is 8. The van der Waals surface area contributed by atoms with Gasteiger partial charge in [0.15, 0.2) is 5.11 Å². The lowest BCUT2D eigenvalue weighted by Crippen LogP contribution is -2.34. The van der Waals surface area contributed by atoms with Crippen molar-refractivity contribution in [3.63, 3.8) is 0 Å². The molecule has 3 aromatic rings. The molecular formula is C27H29N3O3S. The number of carbonyl (C=O) groups is 2. The van der Waals surface area contributed by atoms with E-state index in [1.807, 2.05) is 37.3 Å². The van der Waals surface area contributed by atoms with Crippen LogP contribution in [0.15, 0.2) is 72.8 Å². The fourth-order valence-electron chi connectivity index (χ4n) is 3.18. The molecule has 34 heavy (non-hydrogen) atoms. The molecule has 0 aliphatic carbocycles. The van der Waals surface area contributed by atoms with Crippen LogP contribution in [0.3, 0.4) is 0 Å². The molecule has 0 aliphatic rings. The molecule has 0 unspecified atom stereocenters. The number of hydrogen-bond acceptors (Lipinski definition) is 4. The predicted octanol–water partition coefficient (Wildman–Crippen LogP) is 5.80. The first-order chi connectivity index (χ1) is 16.3. The first kappa shape index (κ1) is 24.9. The number of para-hydroxylation sites is 1. The van der Waals surface area contributed by atoms with Gasteiger partial charge in [0, 0.05) is 16.9 Å². The first-order valence-electron chi connectivity index (χ1n) is 11.1. The summed E-state index contributed by atoms with van der Waals surface area (Å²) in [7, 11) is 0. The van der Waals surface area contributed by atoms with E-state index >= 15 is 0 Å². The van der Waals surface area contributed by atoms with Crippen molar-refractivity contribution in [1.29, 1.82) is 0 Å². The van der Waals surface area contributed by atoms with Gasteiger partial charge in [-0.15, -0.1) is 0 Å². The number of anilines is 2. The normalized spacial score (nSPS) is 10.5. The molecule has 0 bridgehead atoms. The number of nitrogens with one attached hydrogen (secondary N) is 3. The summed E-state index contributed by atoms with van der Waals surface area (Å²) in [6, 6.07) is 21.5. The number of hydrogen-bond donors (Lipinski definition) is 3. The van der Waals surface area contributed by atoms with E-state index in [0.29, 0.717) is 35.1 Å². The van der Waals surface area contributed by atoms with Crippen LogP contribution < -0.4 is 20.7 Å². The molecule has 0 atom stereocenters. The van der Waals surface area contributed by atoms with Crippen LogP contribution in [0, 0.1) is 12.8 Å². The van der Waals surface area contributed by atoms with Crippen LogP contribution >= 0.6 is 12.2 Å². The molecule has 3 aromatic carbocycles. The molecule has 0 saturated carbocycles. The second kappa shape index (κ2) is 12.0. The van der Waals surface area contributed by atoms with Crippen molar-refractivity contribution in [3.8, 4) is 5.75 Å². The van der Waals surface area contributed by atoms with Crippen LogP contribution in [0.1, 0.15) is 46.5 Å². The van der Waals surface area contributed by atoms with E-state index in [0.717, 1.165) is 17.7 Å². The van der Waals surface area contributed by atoms with Gasteiger partial charge in [-0.3, -0.25) is 14.9 Å². The summed E-state index contributed by atoms with van der Waals surface area (Å²) in [4.78, 5) is 25.4. The molecule has 0 aliphatic heterocycles. The molecule has 2 amide bonds. The fourth-order valence-corrected chi connectivity index (χ4v) is 3.39. The lowest BCUT2D eigenvalue weighted by atomic mass is 10.1. The third-order valence-electron chi connectivity index (χ3n) is 4.97. The molecule has 0 heterocycles. The Balaban J connectivity index is 1.61. The Morgan fingerprint density at radius 1 is 0.882 bits per heavy atom. The quantitative estimate of drug-likeness (QED) is 0.359. The van der Waals surface area contributed by atoms with Crippen LogP contribution in [0.5, 0.6) is 5.75 Å². The number of benzene rings is 3. The monoisotopic (exact) mass is 475 g/mol. The fraction of sp³-hybridized carbons (Fsp3) is 0.222. The smallest absolute Gasteiger partial charge is 0.261 e. The van der Waals surface area contributed by atoms with Crippen molar-refractivity contribution in [2.24, 2.45) is 5.92 Å². The van der Waals surface area contributed by atoms with Gasteiger partial charge in [-0.05, 0) is 79.5 Å². The molecule has 176 valence electrons. The lowest BCUT2D eigenvalue weighted by molar-refractivity contribution is 0.0972. The summed E-state index contributed by atoms with van der Waals surface area (Å²) in [5, 5.41) is 8.65. The van der Waals surface area contributed by atoms with Gasteiger partial charge in [-0.2, -0.15) is 0 Å². The maximum absolute atomic E-state index is 12.8. The highest BCUT2D eigenvalue weighted by molar-refractivity contribution is 7.80. The summed E-state index contributed by atoms with van der Waals surface area (Å²) >= 11 is 5.32. The van der Waals surface area contributed by atoms with Crippen LogP contribution in [0.4, 0.5) is 11.4 Å². The zero-order valence-corrected chi connectivity index (χ0v) is 20.4. The predicted molar refractivity (Wildman–Crippen MR) is 141 cm³/mol. The minimum Gasteiger partial charge on any atom is -0.493 e. The zero-order chi connectivity index (χ0) is 24.5. The third-order valence-corrected chi connectivity index (χ3v) is 5.17. The molecule has 0 aromatic heterocycles. The largest absolute Gasteiger partial charge is 0.493 e. The second-order valence-corrected chi connectivity index (χ2v) is 8.75. The highest BCUT2D eigenvalue weighted by atomic mass is 32.1. The Bertz CT molecular complexity index is 1180. The number of carbonyl (C=O) groups excluding carboxylic acids is 2. The first-order valence-corrected chi connectivity index (χ1v) is 11.5. The molecule has 0 spiro atoms. The zero-order valence-electron chi connectivity index (χ0n) is 19.6. The lowest BCUT2D eigenvalue weighted by Gasteiger charge is -2.14. The van der Waals surface area contributed by atoms with E-state index in [-0.39, 0.29) is 16.9 Å². The Labute approximate surface area is 205 Å². The van der Waals surface area contributed by atoms with Gasteiger partial charge in [0.2, 0.25) is 0 Å². The van der Waals surface area contributed by atoms with E-state index < -0.39 is 0 Å². The van der Waals surface area contributed by atoms with Crippen LogP contribution in [0.2, 0.25) is 0 Å². The van der Waals surface area contributed by atoms with Crippen LogP contribution in [-0.2, 0) is 0 Å². The summed E-state index contributed by atoms with van der Waals surface area (Å²) in [6.45, 7) is 6.73. The highest BCUT2D eigenvalue weighted by Gasteiger charge is 2.14. The van der Waals surface area contributed by atoms with Crippen molar-refractivity contribution < 1.29 is 14.3 Å². The second-order valence-electron chi connectivity index (χ2n) is 8.34. The standard InChI is InChI=1S/C27H29N3O3S/c1-18(2)14-15-33-24-13-5-4-12-23(24)26(32)30-27(34)29-22-11-7-9-20(17-22)25(31)28-21-10-6-8-19(3)16-21/h4-13,16-18H,14-15H2,1-3H3,(H,28,31)(H2,29,30,32,34). The van der Waals surface area contributed by atoms with Crippen LogP contribution in [-0.4, -0.2) is 23.5 Å². The van der Waals surface area contributed by atoms with Crippen molar-refractivity contribution in [2.45, 2.75) is 27.2 Å². The van der Waals surface area contributed by atoms with E-state index in [2.05, 4.69) is 29.8 Å². The van der Waals surface area contributed by atoms with Gasteiger partial charge in [0.1, 0.15) is 5.75 Å². The maximum atomic E-state index is 12.8. The molecule has 7 heteroatoms. The minimum absolute atomic E-state index is 0.123. The van der Waals surface area contributed by atoms with Gasteiger partial charge in [-0.1, -0.05) is 44.2 Å². The summed E-state index contributed by atoms with van der Waals surface area (Å²) in [6.07, 6.45) is 0.893. The van der Waals surface area contributed by atoms with Gasteiger partial charge in [0.05, 0.1) is 12.2 Å². The number of ether oxygens (including phenoxy) is 1. The van der Waals surface area contributed by atoms with Crippen LogP contribution in [0.25, 0.3) is 0 Å². The van der Waals surface area contributed by atoms with Gasteiger partial charge < -0.3 is 15.4 Å². The summed E-state index contributed by atoms with van der Waals surface area (Å²) < 4.78 is 5.80. The Kier molecular flexibility index (Phi) is 8.76. The Morgan fingerprint density at radius 2 is 1.59 bits per heavy atom. The molecule has 6 nitrogen and oxygen atoms in total. The summed E-state index contributed by atoms with van der Waals surface area (Å²) in [5.41, 5.74) is 3.23. The average molecular weight is 476 g/mol. The Hall–Kier alpha value is -3.71. The van der Waals surface area contributed by atoms with Crippen molar-refractivity contribution in [1.82, 2.24) is 5.32 Å².